The van der Waals surface area contributed by atoms with Crippen LogP contribution in [0.25, 0.3) is 22.2 Å². The second kappa shape index (κ2) is 6.09. The monoisotopic (exact) mass is 303 g/mol. The Morgan fingerprint density at radius 1 is 1.04 bits per heavy atom. The van der Waals surface area contributed by atoms with Crippen LogP contribution in [0, 0.1) is 6.92 Å². The summed E-state index contributed by atoms with van der Waals surface area (Å²) in [5.41, 5.74) is 4.53. The van der Waals surface area contributed by atoms with E-state index in [2.05, 4.69) is 60.8 Å². The van der Waals surface area contributed by atoms with Gasteiger partial charge < -0.3 is 5.32 Å². The van der Waals surface area contributed by atoms with Crippen molar-refractivity contribution in [2.45, 2.75) is 25.7 Å². The highest BCUT2D eigenvalue weighted by atomic mass is 14.9. The molecule has 4 rings (SSSR count). The summed E-state index contributed by atoms with van der Waals surface area (Å²) in [4.78, 5) is 9.84. The predicted octanol–water partition coefficient (Wildman–Crippen LogP) is 4.07. The summed E-state index contributed by atoms with van der Waals surface area (Å²) in [6.07, 6.45) is 2.36. The van der Waals surface area contributed by atoms with Crippen LogP contribution in [0.2, 0.25) is 0 Å². The number of nitrogens with zero attached hydrogens (tertiary/aromatic N) is 2. The number of para-hydroxylation sites is 1. The fraction of sp³-hybridized carbons (Fsp3) is 0.300. The summed E-state index contributed by atoms with van der Waals surface area (Å²) in [6, 6.07) is 16.9. The molecule has 0 aliphatic carbocycles. The number of hydrogen-bond acceptors (Lipinski definition) is 3. The van der Waals surface area contributed by atoms with Crippen LogP contribution in [0.15, 0.2) is 48.5 Å². The Morgan fingerprint density at radius 2 is 1.96 bits per heavy atom. The second-order valence-electron chi connectivity index (χ2n) is 6.36. The first-order valence-electron chi connectivity index (χ1n) is 8.36. The average molecular weight is 303 g/mol. The molecule has 0 radical (unpaired) electrons. The number of hydrogen-bond donors (Lipinski definition) is 1. The quantitative estimate of drug-likeness (QED) is 0.775. The minimum absolute atomic E-state index is 0.414. The highest BCUT2D eigenvalue weighted by molar-refractivity contribution is 5.92. The van der Waals surface area contributed by atoms with Gasteiger partial charge in [-0.2, -0.15) is 0 Å². The largest absolute Gasteiger partial charge is 0.316 e. The molecule has 0 spiro atoms. The number of rotatable bonds is 2. The van der Waals surface area contributed by atoms with E-state index in [1.165, 1.54) is 24.0 Å². The van der Waals surface area contributed by atoms with Gasteiger partial charge in [-0.25, -0.2) is 9.97 Å². The zero-order valence-electron chi connectivity index (χ0n) is 13.4. The van der Waals surface area contributed by atoms with Crippen LogP contribution in [-0.4, -0.2) is 23.1 Å². The zero-order chi connectivity index (χ0) is 15.6. The molecule has 2 heterocycles. The van der Waals surface area contributed by atoms with Crippen molar-refractivity contribution in [3.8, 4) is 11.3 Å². The molecule has 1 unspecified atom stereocenters. The van der Waals surface area contributed by atoms with Crippen molar-refractivity contribution in [2.24, 2.45) is 0 Å². The molecule has 1 aliphatic rings. The lowest BCUT2D eigenvalue weighted by Crippen LogP contribution is -2.29. The maximum absolute atomic E-state index is 4.98. The Morgan fingerprint density at radius 3 is 2.78 bits per heavy atom. The summed E-state index contributed by atoms with van der Waals surface area (Å²) < 4.78 is 0. The molecule has 1 atom stereocenters. The van der Waals surface area contributed by atoms with Crippen molar-refractivity contribution in [3.05, 3.63) is 59.9 Å². The van der Waals surface area contributed by atoms with Gasteiger partial charge in [-0.1, -0.05) is 42.0 Å². The van der Waals surface area contributed by atoms with E-state index in [0.29, 0.717) is 5.92 Å². The van der Waals surface area contributed by atoms with Crippen molar-refractivity contribution in [2.75, 3.05) is 13.1 Å². The molecule has 116 valence electrons. The number of aromatic nitrogens is 2. The van der Waals surface area contributed by atoms with E-state index in [-0.39, 0.29) is 0 Å². The summed E-state index contributed by atoms with van der Waals surface area (Å²) >= 11 is 0. The van der Waals surface area contributed by atoms with Crippen molar-refractivity contribution < 1.29 is 0 Å². The minimum Gasteiger partial charge on any atom is -0.316 e. The van der Waals surface area contributed by atoms with Crippen molar-refractivity contribution in [1.29, 1.82) is 0 Å². The molecule has 1 fully saturated rings. The van der Waals surface area contributed by atoms with E-state index >= 15 is 0 Å². The number of piperidine rings is 1. The lowest BCUT2D eigenvalue weighted by Gasteiger charge is -2.22. The summed E-state index contributed by atoms with van der Waals surface area (Å²) in [5, 5.41) is 4.60. The van der Waals surface area contributed by atoms with Crippen LogP contribution in [-0.2, 0) is 0 Å². The van der Waals surface area contributed by atoms with Gasteiger partial charge in [-0.15, -0.1) is 0 Å². The van der Waals surface area contributed by atoms with Gasteiger partial charge >= 0.3 is 0 Å². The second-order valence-corrected chi connectivity index (χ2v) is 6.36. The molecule has 1 saturated heterocycles. The molecule has 0 amide bonds. The molecule has 3 heteroatoms. The van der Waals surface area contributed by atoms with Crippen LogP contribution in [0.3, 0.4) is 0 Å². The van der Waals surface area contributed by atoms with E-state index in [1.807, 2.05) is 0 Å². The van der Waals surface area contributed by atoms with Gasteiger partial charge in [0, 0.05) is 23.4 Å². The molecule has 0 bridgehead atoms. The Hall–Kier alpha value is -2.26. The van der Waals surface area contributed by atoms with E-state index in [1.54, 1.807) is 0 Å². The van der Waals surface area contributed by atoms with E-state index in [0.717, 1.165) is 35.5 Å². The average Bonchev–Trinajstić information content (AvgIpc) is 2.61. The van der Waals surface area contributed by atoms with Gasteiger partial charge in [0.25, 0.3) is 0 Å². The topological polar surface area (TPSA) is 37.8 Å². The smallest absolute Gasteiger partial charge is 0.134 e. The number of nitrogens with one attached hydrogen (secondary N) is 1. The lowest BCUT2D eigenvalue weighted by atomic mass is 9.97. The molecular weight excluding hydrogens is 282 g/mol. The first-order valence-corrected chi connectivity index (χ1v) is 8.36. The SMILES string of the molecule is Cc1cccc(-c2nc(C3CCCNC3)nc3ccccc23)c1. The molecule has 2 aromatic carbocycles. The first kappa shape index (κ1) is 14.3. The molecule has 23 heavy (non-hydrogen) atoms. The zero-order valence-corrected chi connectivity index (χ0v) is 13.4. The molecular formula is C20H21N3. The summed E-state index contributed by atoms with van der Waals surface area (Å²) in [7, 11) is 0. The van der Waals surface area contributed by atoms with E-state index in [4.69, 9.17) is 9.97 Å². The highest BCUT2D eigenvalue weighted by Crippen LogP contribution is 2.29. The van der Waals surface area contributed by atoms with Crippen LogP contribution < -0.4 is 5.32 Å². The fourth-order valence-corrected chi connectivity index (χ4v) is 3.36. The van der Waals surface area contributed by atoms with Crippen LogP contribution in [0.5, 0.6) is 0 Å². The molecule has 1 aliphatic heterocycles. The van der Waals surface area contributed by atoms with Crippen LogP contribution in [0.4, 0.5) is 0 Å². The molecule has 3 aromatic rings. The first-order chi connectivity index (χ1) is 11.3. The van der Waals surface area contributed by atoms with Crippen molar-refractivity contribution >= 4 is 10.9 Å². The molecule has 3 nitrogen and oxygen atoms in total. The number of benzene rings is 2. The summed E-state index contributed by atoms with van der Waals surface area (Å²) in [6.45, 7) is 4.21. The van der Waals surface area contributed by atoms with Crippen LogP contribution in [0.1, 0.15) is 30.1 Å². The number of aryl methyl sites for hydroxylation is 1. The standard InChI is InChI=1S/C20H21N3/c1-14-6-4-7-15(12-14)19-17-9-2-3-10-18(17)22-20(23-19)16-8-5-11-21-13-16/h2-4,6-7,9-10,12,16,21H,5,8,11,13H2,1H3. The van der Waals surface area contributed by atoms with Crippen molar-refractivity contribution in [1.82, 2.24) is 15.3 Å². The normalized spacial score (nSPS) is 18.2. The fourth-order valence-electron chi connectivity index (χ4n) is 3.36. The van der Waals surface area contributed by atoms with Gasteiger partial charge in [-0.05, 0) is 38.4 Å². The maximum Gasteiger partial charge on any atom is 0.134 e. The van der Waals surface area contributed by atoms with E-state index < -0.39 is 0 Å². The minimum atomic E-state index is 0.414. The Balaban J connectivity index is 1.90. The third kappa shape index (κ3) is 2.84. The van der Waals surface area contributed by atoms with Gasteiger partial charge in [-0.3, -0.25) is 0 Å². The Bertz CT molecular complexity index is 835. The number of fused-ring (bicyclic) bond motifs is 1. The van der Waals surface area contributed by atoms with Gasteiger partial charge in [0.2, 0.25) is 0 Å². The molecule has 1 aromatic heterocycles. The maximum atomic E-state index is 4.98. The molecule has 0 saturated carbocycles. The van der Waals surface area contributed by atoms with E-state index in [9.17, 15) is 0 Å². The summed E-state index contributed by atoms with van der Waals surface area (Å²) in [5.74, 6) is 1.39. The van der Waals surface area contributed by atoms with Gasteiger partial charge in [0.1, 0.15) is 5.82 Å². The third-order valence-electron chi connectivity index (χ3n) is 4.57. The Labute approximate surface area is 136 Å². The van der Waals surface area contributed by atoms with Crippen molar-refractivity contribution in [3.63, 3.8) is 0 Å². The third-order valence-corrected chi connectivity index (χ3v) is 4.57. The highest BCUT2D eigenvalue weighted by Gasteiger charge is 2.20. The Kier molecular flexibility index (Phi) is 3.80. The van der Waals surface area contributed by atoms with Gasteiger partial charge in [0.05, 0.1) is 11.2 Å². The van der Waals surface area contributed by atoms with Gasteiger partial charge in [0.15, 0.2) is 0 Å². The lowest BCUT2D eigenvalue weighted by molar-refractivity contribution is 0.448. The van der Waals surface area contributed by atoms with Crippen LogP contribution >= 0.6 is 0 Å². The predicted molar refractivity (Wildman–Crippen MR) is 94.6 cm³/mol. The molecule has 1 N–H and O–H groups in total.